The summed E-state index contributed by atoms with van der Waals surface area (Å²) < 4.78 is 0. The second-order valence-electron chi connectivity index (χ2n) is 5.86. The van der Waals surface area contributed by atoms with Crippen LogP contribution in [0.25, 0.3) is 0 Å². The standard InChI is InChI=1S/C17H20N2O2S/c1-12-9-15(22-11-12)16(14-3-2-6-18-10-14)19-7-4-13(5-8-19)17(20)21/h2-3,6,9-11,13,16H,4-5,7-8H2,1H3,(H,20,21). The molecular formula is C17H20N2O2S. The Bertz CT molecular complexity index is 633. The van der Waals surface area contributed by atoms with Crippen molar-refractivity contribution in [2.45, 2.75) is 25.8 Å². The Morgan fingerprint density at radius 3 is 2.77 bits per heavy atom. The maximum Gasteiger partial charge on any atom is 0.306 e. The van der Waals surface area contributed by atoms with Crippen LogP contribution in [0.1, 0.15) is 34.9 Å². The molecule has 1 atom stereocenters. The number of rotatable bonds is 4. The van der Waals surface area contributed by atoms with Gasteiger partial charge in [-0.05, 0) is 61.5 Å². The molecule has 2 aromatic rings. The van der Waals surface area contributed by atoms with Crippen LogP contribution >= 0.6 is 11.3 Å². The Morgan fingerprint density at radius 1 is 1.45 bits per heavy atom. The fraction of sp³-hybridized carbons (Fsp3) is 0.412. The number of nitrogens with zero attached hydrogens (tertiary/aromatic N) is 2. The highest BCUT2D eigenvalue weighted by Gasteiger charge is 2.30. The van der Waals surface area contributed by atoms with Crippen molar-refractivity contribution in [3.8, 4) is 0 Å². The number of carbonyl (C=O) groups is 1. The largest absolute Gasteiger partial charge is 0.481 e. The summed E-state index contributed by atoms with van der Waals surface area (Å²) in [7, 11) is 0. The number of thiophene rings is 1. The van der Waals surface area contributed by atoms with Gasteiger partial charge in [-0.15, -0.1) is 11.3 Å². The molecule has 0 amide bonds. The molecule has 1 saturated heterocycles. The van der Waals surface area contributed by atoms with Gasteiger partial charge in [-0.3, -0.25) is 14.7 Å². The predicted molar refractivity (Wildman–Crippen MR) is 87.1 cm³/mol. The molecule has 3 rings (SSSR count). The SMILES string of the molecule is Cc1csc(C(c2cccnc2)N2CCC(C(=O)O)CC2)c1. The highest BCUT2D eigenvalue weighted by molar-refractivity contribution is 7.10. The first-order chi connectivity index (χ1) is 10.6. The number of piperidine rings is 1. The van der Waals surface area contributed by atoms with Gasteiger partial charge < -0.3 is 5.11 Å². The molecule has 0 aliphatic carbocycles. The zero-order chi connectivity index (χ0) is 15.5. The van der Waals surface area contributed by atoms with Crippen LogP contribution in [0.2, 0.25) is 0 Å². The molecule has 0 spiro atoms. The number of aromatic nitrogens is 1. The molecule has 2 aromatic heterocycles. The average Bonchev–Trinajstić information content (AvgIpc) is 2.95. The molecule has 1 aliphatic rings. The van der Waals surface area contributed by atoms with E-state index in [1.807, 2.05) is 12.3 Å². The summed E-state index contributed by atoms with van der Waals surface area (Å²) in [6, 6.07) is 6.48. The third-order valence-electron chi connectivity index (χ3n) is 4.26. The second kappa shape index (κ2) is 6.58. The summed E-state index contributed by atoms with van der Waals surface area (Å²) in [5, 5.41) is 11.3. The first-order valence-electron chi connectivity index (χ1n) is 7.57. The smallest absolute Gasteiger partial charge is 0.306 e. The Morgan fingerprint density at radius 2 is 2.23 bits per heavy atom. The summed E-state index contributed by atoms with van der Waals surface area (Å²) in [4.78, 5) is 19.1. The summed E-state index contributed by atoms with van der Waals surface area (Å²) in [6.45, 7) is 3.73. The zero-order valence-corrected chi connectivity index (χ0v) is 13.4. The molecule has 1 unspecified atom stereocenters. The van der Waals surface area contributed by atoms with Gasteiger partial charge in [0.15, 0.2) is 0 Å². The highest BCUT2D eigenvalue weighted by atomic mass is 32.1. The van der Waals surface area contributed by atoms with E-state index in [1.54, 1.807) is 17.5 Å². The van der Waals surface area contributed by atoms with Gasteiger partial charge >= 0.3 is 5.97 Å². The van der Waals surface area contributed by atoms with Crippen molar-refractivity contribution >= 4 is 17.3 Å². The van der Waals surface area contributed by atoms with Crippen LogP contribution in [-0.2, 0) is 4.79 Å². The molecule has 116 valence electrons. The van der Waals surface area contributed by atoms with Crippen LogP contribution in [0.4, 0.5) is 0 Å². The van der Waals surface area contributed by atoms with Crippen molar-refractivity contribution in [2.75, 3.05) is 13.1 Å². The van der Waals surface area contributed by atoms with Crippen LogP contribution in [-0.4, -0.2) is 34.0 Å². The third kappa shape index (κ3) is 3.20. The maximum absolute atomic E-state index is 11.1. The number of hydrogen-bond acceptors (Lipinski definition) is 4. The minimum absolute atomic E-state index is 0.183. The lowest BCUT2D eigenvalue weighted by Crippen LogP contribution is -2.39. The third-order valence-corrected chi connectivity index (χ3v) is 5.37. The molecule has 1 aliphatic heterocycles. The lowest BCUT2D eigenvalue weighted by atomic mass is 9.94. The number of aryl methyl sites for hydroxylation is 1. The molecule has 1 N–H and O–H groups in total. The van der Waals surface area contributed by atoms with E-state index in [9.17, 15) is 9.90 Å². The van der Waals surface area contributed by atoms with Crippen molar-refractivity contribution in [3.05, 3.63) is 52.0 Å². The van der Waals surface area contributed by atoms with E-state index < -0.39 is 5.97 Å². The molecule has 3 heterocycles. The van der Waals surface area contributed by atoms with Gasteiger partial charge in [0.1, 0.15) is 0 Å². The zero-order valence-electron chi connectivity index (χ0n) is 12.6. The number of pyridine rings is 1. The van der Waals surface area contributed by atoms with Crippen molar-refractivity contribution < 1.29 is 9.90 Å². The Balaban J connectivity index is 1.85. The predicted octanol–water partition coefficient (Wildman–Crippen LogP) is 3.34. The number of aliphatic carboxylic acids is 1. The highest BCUT2D eigenvalue weighted by Crippen LogP contribution is 2.35. The van der Waals surface area contributed by atoms with Crippen LogP contribution in [0.3, 0.4) is 0 Å². The minimum atomic E-state index is -0.662. The fourth-order valence-electron chi connectivity index (χ4n) is 3.09. The number of hydrogen-bond donors (Lipinski definition) is 1. The summed E-state index contributed by atoms with van der Waals surface area (Å²) >= 11 is 1.77. The van der Waals surface area contributed by atoms with Gasteiger partial charge in [0.2, 0.25) is 0 Å². The first kappa shape index (κ1) is 15.2. The van der Waals surface area contributed by atoms with Crippen LogP contribution in [0, 0.1) is 12.8 Å². The van der Waals surface area contributed by atoms with Gasteiger partial charge in [-0.1, -0.05) is 6.07 Å². The van der Waals surface area contributed by atoms with Crippen molar-refractivity contribution in [2.24, 2.45) is 5.92 Å². The van der Waals surface area contributed by atoms with Gasteiger partial charge in [-0.2, -0.15) is 0 Å². The van der Waals surface area contributed by atoms with Gasteiger partial charge in [0, 0.05) is 17.3 Å². The normalized spacial score (nSPS) is 18.2. The lowest BCUT2D eigenvalue weighted by Gasteiger charge is -2.36. The van der Waals surface area contributed by atoms with Crippen LogP contribution in [0.5, 0.6) is 0 Å². The molecular weight excluding hydrogens is 296 g/mol. The van der Waals surface area contributed by atoms with E-state index in [0.29, 0.717) is 0 Å². The summed E-state index contributed by atoms with van der Waals surface area (Å²) in [5.74, 6) is -0.861. The molecule has 4 nitrogen and oxygen atoms in total. The number of likely N-dealkylation sites (tertiary alicyclic amines) is 1. The van der Waals surface area contributed by atoms with Crippen molar-refractivity contribution in [3.63, 3.8) is 0 Å². The van der Waals surface area contributed by atoms with Gasteiger partial charge in [0.25, 0.3) is 0 Å². The van der Waals surface area contributed by atoms with Crippen LogP contribution < -0.4 is 0 Å². The van der Waals surface area contributed by atoms with E-state index >= 15 is 0 Å². The Kier molecular flexibility index (Phi) is 4.55. The molecule has 0 bridgehead atoms. The monoisotopic (exact) mass is 316 g/mol. The molecule has 22 heavy (non-hydrogen) atoms. The first-order valence-corrected chi connectivity index (χ1v) is 8.45. The molecule has 0 aromatic carbocycles. The van der Waals surface area contributed by atoms with Gasteiger partial charge in [-0.25, -0.2) is 0 Å². The molecule has 0 radical (unpaired) electrons. The van der Waals surface area contributed by atoms with Crippen molar-refractivity contribution in [1.29, 1.82) is 0 Å². The quantitative estimate of drug-likeness (QED) is 0.940. The van der Waals surface area contributed by atoms with E-state index in [0.717, 1.165) is 25.9 Å². The number of carboxylic acid groups (broad SMARTS) is 1. The summed E-state index contributed by atoms with van der Waals surface area (Å²) in [6.07, 6.45) is 5.15. The van der Waals surface area contributed by atoms with E-state index in [1.165, 1.54) is 16.0 Å². The van der Waals surface area contributed by atoms with Crippen LogP contribution in [0.15, 0.2) is 36.0 Å². The minimum Gasteiger partial charge on any atom is -0.481 e. The lowest BCUT2D eigenvalue weighted by molar-refractivity contribution is -0.143. The Hall–Kier alpha value is -1.72. The van der Waals surface area contributed by atoms with Crippen molar-refractivity contribution in [1.82, 2.24) is 9.88 Å². The second-order valence-corrected chi connectivity index (χ2v) is 6.81. The molecule has 1 fully saturated rings. The number of carboxylic acids is 1. The molecule has 0 saturated carbocycles. The average molecular weight is 316 g/mol. The van der Waals surface area contributed by atoms with E-state index in [2.05, 4.69) is 34.3 Å². The fourth-order valence-corrected chi connectivity index (χ4v) is 4.15. The summed E-state index contributed by atoms with van der Waals surface area (Å²) in [5.41, 5.74) is 2.45. The van der Waals surface area contributed by atoms with Gasteiger partial charge in [0.05, 0.1) is 12.0 Å². The maximum atomic E-state index is 11.1. The molecule has 5 heteroatoms. The Labute approximate surface area is 134 Å². The topological polar surface area (TPSA) is 53.4 Å². The van der Waals surface area contributed by atoms with E-state index in [-0.39, 0.29) is 12.0 Å². The van der Waals surface area contributed by atoms with E-state index in [4.69, 9.17) is 0 Å².